The molecule has 0 saturated heterocycles. The first-order valence-corrected chi connectivity index (χ1v) is 8.12. The van der Waals surface area contributed by atoms with Crippen molar-refractivity contribution in [2.75, 3.05) is 5.32 Å². The minimum atomic E-state index is -0.463. The van der Waals surface area contributed by atoms with Crippen LogP contribution in [0.25, 0.3) is 10.8 Å². The Kier molecular flexibility index (Phi) is 4.26. The summed E-state index contributed by atoms with van der Waals surface area (Å²) >= 11 is 1.28. The van der Waals surface area contributed by atoms with Gasteiger partial charge in [0.2, 0.25) is 11.0 Å². The molecule has 0 bridgehead atoms. The smallest absolute Gasteiger partial charge is 0.273 e. The van der Waals surface area contributed by atoms with Gasteiger partial charge in [-0.05, 0) is 12.1 Å². The summed E-state index contributed by atoms with van der Waals surface area (Å²) in [6.45, 7) is 3.65. The summed E-state index contributed by atoms with van der Waals surface area (Å²) in [4.78, 5) is 36.5. The third-order valence-electron chi connectivity index (χ3n) is 3.37. The van der Waals surface area contributed by atoms with Crippen molar-refractivity contribution >= 4 is 33.1 Å². The second-order valence-electron chi connectivity index (χ2n) is 5.53. The van der Waals surface area contributed by atoms with Crippen LogP contribution in [0.1, 0.15) is 24.8 Å². The molecule has 3 aromatic rings. The van der Waals surface area contributed by atoms with Gasteiger partial charge >= 0.3 is 0 Å². The molecule has 2 aromatic heterocycles. The number of rotatable bonds is 4. The van der Waals surface area contributed by atoms with E-state index in [9.17, 15) is 14.4 Å². The maximum atomic E-state index is 12.3. The molecule has 8 nitrogen and oxygen atoms in total. The number of anilines is 1. The lowest BCUT2D eigenvalue weighted by Crippen LogP contribution is -2.34. The fourth-order valence-corrected chi connectivity index (χ4v) is 2.94. The average molecular weight is 345 g/mol. The van der Waals surface area contributed by atoms with Crippen LogP contribution in [0, 0.1) is 0 Å². The van der Waals surface area contributed by atoms with E-state index >= 15 is 0 Å². The summed E-state index contributed by atoms with van der Waals surface area (Å²) < 4.78 is 0.990. The molecule has 1 aromatic carbocycles. The summed E-state index contributed by atoms with van der Waals surface area (Å²) in [6.07, 6.45) is 0. The van der Waals surface area contributed by atoms with E-state index in [1.165, 1.54) is 11.3 Å². The van der Waals surface area contributed by atoms with Crippen LogP contribution in [0.2, 0.25) is 0 Å². The van der Waals surface area contributed by atoms with Crippen molar-refractivity contribution in [1.29, 1.82) is 0 Å². The van der Waals surface area contributed by atoms with Gasteiger partial charge in [0.15, 0.2) is 0 Å². The van der Waals surface area contributed by atoms with E-state index in [2.05, 4.69) is 20.6 Å². The molecule has 3 rings (SSSR count). The molecule has 1 amide bonds. The Hall–Kier alpha value is -2.81. The van der Waals surface area contributed by atoms with Gasteiger partial charge in [-0.3, -0.25) is 24.8 Å². The second-order valence-corrected chi connectivity index (χ2v) is 6.54. The molecule has 0 atom stereocenters. The zero-order valence-electron chi connectivity index (χ0n) is 13.1. The number of hydrogen-bond acceptors (Lipinski definition) is 6. The van der Waals surface area contributed by atoms with Crippen molar-refractivity contribution < 1.29 is 4.79 Å². The Morgan fingerprint density at radius 3 is 2.62 bits per heavy atom. The van der Waals surface area contributed by atoms with Crippen LogP contribution >= 0.6 is 11.3 Å². The summed E-state index contributed by atoms with van der Waals surface area (Å²) in [5.74, 6) is -0.248. The van der Waals surface area contributed by atoms with Crippen LogP contribution in [0.15, 0.2) is 33.9 Å². The molecule has 2 N–H and O–H groups in total. The third kappa shape index (κ3) is 3.11. The molecule has 0 radical (unpaired) electrons. The first-order valence-electron chi connectivity index (χ1n) is 7.31. The molecule has 9 heteroatoms. The Bertz CT molecular complexity index is 1020. The van der Waals surface area contributed by atoms with E-state index < -0.39 is 17.0 Å². The highest BCUT2D eigenvalue weighted by atomic mass is 32.1. The maximum Gasteiger partial charge on any atom is 0.273 e. The fraction of sp³-hybridized carbons (Fsp3) is 0.267. The molecule has 24 heavy (non-hydrogen) atoms. The van der Waals surface area contributed by atoms with Crippen molar-refractivity contribution in [3.05, 3.63) is 50.0 Å². The summed E-state index contributed by atoms with van der Waals surface area (Å²) in [5, 5.41) is 14.6. The van der Waals surface area contributed by atoms with E-state index in [1.807, 2.05) is 13.8 Å². The molecule has 124 valence electrons. The lowest BCUT2D eigenvalue weighted by molar-refractivity contribution is -0.117. The van der Waals surface area contributed by atoms with Gasteiger partial charge in [-0.1, -0.05) is 37.3 Å². The van der Waals surface area contributed by atoms with Crippen molar-refractivity contribution in [1.82, 2.24) is 20.0 Å². The topological polar surface area (TPSA) is 110 Å². The predicted octanol–water partition coefficient (Wildman–Crippen LogP) is 1.30. The minimum absolute atomic E-state index is 0.215. The molecule has 2 heterocycles. The third-order valence-corrected chi connectivity index (χ3v) is 4.51. The highest BCUT2D eigenvalue weighted by molar-refractivity contribution is 7.15. The first kappa shape index (κ1) is 16.1. The van der Waals surface area contributed by atoms with Crippen LogP contribution < -0.4 is 16.4 Å². The van der Waals surface area contributed by atoms with Crippen molar-refractivity contribution in [2.24, 2.45) is 0 Å². The van der Waals surface area contributed by atoms with Crippen LogP contribution in [-0.2, 0) is 11.3 Å². The lowest BCUT2D eigenvalue weighted by Gasteiger charge is -2.06. The number of aromatic nitrogens is 4. The number of H-pyrrole nitrogens is 1. The first-order chi connectivity index (χ1) is 11.5. The summed E-state index contributed by atoms with van der Waals surface area (Å²) in [7, 11) is 0. The molecular formula is C15H15N5O3S. The number of nitrogens with one attached hydrogen (secondary N) is 2. The molecule has 0 spiro atoms. The number of fused-ring (bicyclic) bond motifs is 1. The molecule has 0 aliphatic carbocycles. The second kappa shape index (κ2) is 6.36. The number of carbonyl (C=O) groups is 1. The predicted molar refractivity (Wildman–Crippen MR) is 91.5 cm³/mol. The minimum Gasteiger partial charge on any atom is -0.299 e. The SMILES string of the molecule is CC(C)c1nnc(NC(=O)Cn2[nH]c(=O)c3ccccc3c2=O)s1. The van der Waals surface area contributed by atoms with Crippen molar-refractivity contribution in [3.8, 4) is 0 Å². The molecule has 0 saturated carbocycles. The van der Waals surface area contributed by atoms with Crippen LogP contribution in [-0.4, -0.2) is 25.9 Å². The Morgan fingerprint density at radius 1 is 1.25 bits per heavy atom. The summed E-state index contributed by atoms with van der Waals surface area (Å²) in [5.41, 5.74) is -0.850. The standard InChI is InChI=1S/C15H15N5O3S/c1-8(2)13-17-18-15(24-13)16-11(21)7-20-14(23)10-6-4-3-5-9(10)12(22)19-20/h3-6,8H,7H2,1-2H3,(H,19,22)(H,16,18,21). The number of amides is 1. The van der Waals surface area contributed by atoms with Crippen molar-refractivity contribution in [3.63, 3.8) is 0 Å². The van der Waals surface area contributed by atoms with Gasteiger partial charge in [0, 0.05) is 5.92 Å². The largest absolute Gasteiger partial charge is 0.299 e. The Labute approximate surface area is 140 Å². The average Bonchev–Trinajstić information content (AvgIpc) is 3.01. The Morgan fingerprint density at radius 2 is 1.96 bits per heavy atom. The van der Waals surface area contributed by atoms with Crippen LogP contribution in [0.4, 0.5) is 5.13 Å². The summed E-state index contributed by atoms with van der Waals surface area (Å²) in [6, 6.07) is 6.47. The number of carbonyl (C=O) groups excluding carboxylic acids is 1. The highest BCUT2D eigenvalue weighted by Gasteiger charge is 2.13. The number of aromatic amines is 1. The Balaban J connectivity index is 1.84. The molecule has 0 aliphatic rings. The van der Waals surface area contributed by atoms with Gasteiger partial charge in [-0.15, -0.1) is 10.2 Å². The van der Waals surface area contributed by atoms with E-state index in [0.29, 0.717) is 10.5 Å². The van der Waals surface area contributed by atoms with Crippen LogP contribution in [0.3, 0.4) is 0 Å². The normalized spacial score (nSPS) is 11.1. The van der Waals surface area contributed by atoms with Gasteiger partial charge in [-0.25, -0.2) is 4.68 Å². The molecule has 0 unspecified atom stereocenters. The van der Waals surface area contributed by atoms with Gasteiger partial charge in [0.25, 0.3) is 11.1 Å². The van der Waals surface area contributed by atoms with E-state index in [4.69, 9.17) is 0 Å². The highest BCUT2D eigenvalue weighted by Crippen LogP contribution is 2.22. The van der Waals surface area contributed by atoms with Gasteiger partial charge in [0.05, 0.1) is 10.8 Å². The van der Waals surface area contributed by atoms with Gasteiger partial charge in [-0.2, -0.15) is 0 Å². The number of hydrogen-bond donors (Lipinski definition) is 2. The maximum absolute atomic E-state index is 12.3. The van der Waals surface area contributed by atoms with E-state index in [0.717, 1.165) is 9.69 Å². The van der Waals surface area contributed by atoms with Crippen LogP contribution in [0.5, 0.6) is 0 Å². The molecule has 0 aliphatic heterocycles. The molecule has 0 fully saturated rings. The lowest BCUT2D eigenvalue weighted by atomic mass is 10.2. The zero-order chi connectivity index (χ0) is 17.3. The number of nitrogens with zero attached hydrogens (tertiary/aromatic N) is 3. The van der Waals surface area contributed by atoms with Gasteiger partial charge in [0.1, 0.15) is 11.6 Å². The van der Waals surface area contributed by atoms with Crippen molar-refractivity contribution in [2.45, 2.75) is 26.3 Å². The fourth-order valence-electron chi connectivity index (χ4n) is 2.18. The molecular weight excluding hydrogens is 330 g/mol. The van der Waals surface area contributed by atoms with Gasteiger partial charge < -0.3 is 0 Å². The van der Waals surface area contributed by atoms with E-state index in [-0.39, 0.29) is 17.8 Å². The quantitative estimate of drug-likeness (QED) is 0.741. The zero-order valence-corrected chi connectivity index (χ0v) is 13.9. The van der Waals surface area contributed by atoms with E-state index in [1.54, 1.807) is 24.3 Å². The monoisotopic (exact) mass is 345 g/mol. The number of benzene rings is 1.